The molecule has 0 heterocycles. The molecule has 4 rings (SSSR count). The molecule has 0 amide bonds. The van der Waals surface area contributed by atoms with Gasteiger partial charge in [0.25, 0.3) is 0 Å². The van der Waals surface area contributed by atoms with Crippen LogP contribution in [0.1, 0.15) is 45.4 Å². The summed E-state index contributed by atoms with van der Waals surface area (Å²) >= 11 is 0. The van der Waals surface area contributed by atoms with Crippen molar-refractivity contribution in [2.75, 3.05) is 6.16 Å². The number of hydrogen-bond donors (Lipinski definition) is 0. The predicted molar refractivity (Wildman–Crippen MR) is 59.8 cm³/mol. The molecule has 4 saturated carbocycles. The Hall–Kier alpha value is 0.430. The molecule has 0 spiro atoms. The summed E-state index contributed by atoms with van der Waals surface area (Å²) < 4.78 is 0. The van der Waals surface area contributed by atoms with Gasteiger partial charge < -0.3 is 0 Å². The third-order valence-electron chi connectivity index (χ3n) is 4.59. The zero-order valence-electron chi connectivity index (χ0n) is 8.68. The van der Waals surface area contributed by atoms with Crippen LogP contribution in [0.3, 0.4) is 0 Å². The van der Waals surface area contributed by atoms with Gasteiger partial charge in [0.05, 0.1) is 0 Å². The lowest BCUT2D eigenvalue weighted by Gasteiger charge is -2.57. The topological polar surface area (TPSA) is 0 Å². The van der Waals surface area contributed by atoms with E-state index in [2.05, 4.69) is 6.92 Å². The van der Waals surface area contributed by atoms with E-state index in [1.54, 1.807) is 38.5 Å². The normalized spacial score (nSPS) is 53.8. The molecule has 0 aromatic rings. The molecule has 4 fully saturated rings. The summed E-state index contributed by atoms with van der Waals surface area (Å²) in [6, 6.07) is 0. The van der Waals surface area contributed by atoms with Crippen molar-refractivity contribution in [3.8, 4) is 0 Å². The maximum absolute atomic E-state index is 2.39. The summed E-state index contributed by atoms with van der Waals surface area (Å²) in [6.45, 7) is 2.39. The Morgan fingerprint density at radius 3 is 1.85 bits per heavy atom. The van der Waals surface area contributed by atoms with Crippen LogP contribution >= 0.6 is 8.58 Å². The van der Waals surface area contributed by atoms with Gasteiger partial charge in [-0.15, -0.1) is 8.58 Å². The fourth-order valence-corrected chi connectivity index (χ4v) is 6.75. The van der Waals surface area contributed by atoms with Crippen LogP contribution in [0.5, 0.6) is 0 Å². The van der Waals surface area contributed by atoms with Crippen LogP contribution in [0.4, 0.5) is 0 Å². The van der Waals surface area contributed by atoms with Crippen LogP contribution in [0.15, 0.2) is 0 Å². The van der Waals surface area contributed by atoms with Gasteiger partial charge in [-0.2, -0.15) is 0 Å². The summed E-state index contributed by atoms with van der Waals surface area (Å²) in [4.78, 5) is 0. The summed E-state index contributed by atoms with van der Waals surface area (Å²) in [6.07, 6.45) is 11.1. The summed E-state index contributed by atoms with van der Waals surface area (Å²) in [5.41, 5.74) is 0. The van der Waals surface area contributed by atoms with Gasteiger partial charge in [-0.3, -0.25) is 0 Å². The molecule has 4 bridgehead atoms. The van der Waals surface area contributed by atoms with Crippen LogP contribution in [0, 0.1) is 17.8 Å². The first-order valence-electron chi connectivity index (χ1n) is 6.05. The molecule has 4 aliphatic rings. The Balaban J connectivity index is 1.83. The van der Waals surface area contributed by atoms with E-state index in [1.807, 2.05) is 0 Å². The monoisotopic (exact) mass is 196 g/mol. The van der Waals surface area contributed by atoms with E-state index in [-0.39, 0.29) is 0 Å². The van der Waals surface area contributed by atoms with Crippen molar-refractivity contribution in [1.29, 1.82) is 0 Å². The molecule has 4 aliphatic carbocycles. The Bertz CT molecular complexity index is 174. The highest BCUT2D eigenvalue weighted by molar-refractivity contribution is 7.40. The lowest BCUT2D eigenvalue weighted by atomic mass is 9.56. The highest BCUT2D eigenvalue weighted by Gasteiger charge is 2.50. The zero-order valence-corrected chi connectivity index (χ0v) is 9.68. The molecule has 0 aliphatic heterocycles. The zero-order chi connectivity index (χ0) is 8.89. The molecule has 0 aromatic heterocycles. The van der Waals surface area contributed by atoms with Crippen molar-refractivity contribution in [1.82, 2.24) is 0 Å². The fourth-order valence-electron chi connectivity index (χ4n) is 4.70. The SMILES string of the molecule is CCPC12CC3CC(CC(C3)C1)C2. The molecule has 0 nitrogen and oxygen atoms in total. The van der Waals surface area contributed by atoms with Crippen molar-refractivity contribution in [3.63, 3.8) is 0 Å². The first-order valence-corrected chi connectivity index (χ1v) is 7.25. The quantitative estimate of drug-likeness (QED) is 0.591. The summed E-state index contributed by atoms with van der Waals surface area (Å²) in [5.74, 6) is 3.47. The molecule has 1 heteroatoms. The predicted octanol–water partition coefficient (Wildman–Crippen LogP) is 3.65. The smallest absolute Gasteiger partial charge is 0.0114 e. The summed E-state index contributed by atoms with van der Waals surface area (Å²) in [7, 11) is 1.29. The Labute approximate surface area is 83.7 Å². The first-order chi connectivity index (χ1) is 6.30. The molecule has 0 N–H and O–H groups in total. The van der Waals surface area contributed by atoms with E-state index in [0.29, 0.717) is 0 Å². The van der Waals surface area contributed by atoms with Crippen LogP contribution in [-0.2, 0) is 0 Å². The molecule has 1 atom stereocenters. The second-order valence-electron chi connectivity index (χ2n) is 5.73. The number of hydrogen-bond acceptors (Lipinski definition) is 0. The van der Waals surface area contributed by atoms with Gasteiger partial charge in [-0.05, 0) is 67.6 Å². The van der Waals surface area contributed by atoms with Crippen molar-refractivity contribution in [2.24, 2.45) is 17.8 Å². The van der Waals surface area contributed by atoms with Gasteiger partial charge >= 0.3 is 0 Å². The maximum atomic E-state index is 2.39. The fraction of sp³-hybridized carbons (Fsp3) is 1.00. The molecular formula is C12H21P. The van der Waals surface area contributed by atoms with E-state index in [4.69, 9.17) is 0 Å². The molecule has 13 heavy (non-hydrogen) atoms. The molecule has 74 valence electrons. The third kappa shape index (κ3) is 1.37. The van der Waals surface area contributed by atoms with Gasteiger partial charge in [-0.25, -0.2) is 0 Å². The molecule has 0 aromatic carbocycles. The molecule has 0 radical (unpaired) electrons. The van der Waals surface area contributed by atoms with E-state index in [9.17, 15) is 0 Å². The standard InChI is InChI=1S/C12H21P/c1-2-13-12-6-9-3-10(7-12)5-11(4-9)8-12/h9-11,13H,2-8H2,1H3. The highest BCUT2D eigenvalue weighted by atomic mass is 31.1. The van der Waals surface area contributed by atoms with Gasteiger partial charge in [0, 0.05) is 0 Å². The molecular weight excluding hydrogens is 175 g/mol. The molecule has 0 saturated heterocycles. The maximum Gasteiger partial charge on any atom is -0.0114 e. The second-order valence-corrected chi connectivity index (χ2v) is 7.85. The van der Waals surface area contributed by atoms with Crippen molar-refractivity contribution < 1.29 is 0 Å². The van der Waals surface area contributed by atoms with Gasteiger partial charge in [-0.1, -0.05) is 6.92 Å². The van der Waals surface area contributed by atoms with E-state index in [1.165, 1.54) is 14.7 Å². The third-order valence-corrected chi connectivity index (χ3v) is 6.31. The van der Waals surface area contributed by atoms with E-state index in [0.717, 1.165) is 22.9 Å². The lowest BCUT2D eigenvalue weighted by molar-refractivity contribution is 0.0368. The largest absolute Gasteiger partial charge is 0.116 e. The average molecular weight is 196 g/mol. The van der Waals surface area contributed by atoms with Crippen LogP contribution in [-0.4, -0.2) is 11.3 Å². The minimum atomic E-state index is 0.878. The minimum absolute atomic E-state index is 0.878. The average Bonchev–Trinajstić information content (AvgIpc) is 2.00. The Morgan fingerprint density at radius 2 is 1.46 bits per heavy atom. The minimum Gasteiger partial charge on any atom is -0.116 e. The van der Waals surface area contributed by atoms with Crippen LogP contribution < -0.4 is 0 Å². The van der Waals surface area contributed by atoms with Gasteiger partial charge in [0.1, 0.15) is 0 Å². The Morgan fingerprint density at radius 1 is 1.00 bits per heavy atom. The number of rotatable bonds is 2. The van der Waals surface area contributed by atoms with Gasteiger partial charge in [0.2, 0.25) is 0 Å². The first kappa shape index (κ1) is 8.72. The van der Waals surface area contributed by atoms with Crippen molar-refractivity contribution >= 4 is 8.58 Å². The Kier molecular flexibility index (Phi) is 1.98. The highest BCUT2D eigenvalue weighted by Crippen LogP contribution is 2.62. The van der Waals surface area contributed by atoms with E-state index >= 15 is 0 Å². The van der Waals surface area contributed by atoms with E-state index < -0.39 is 0 Å². The van der Waals surface area contributed by atoms with Crippen molar-refractivity contribution in [2.45, 2.75) is 50.6 Å². The second kappa shape index (κ2) is 2.96. The van der Waals surface area contributed by atoms with Crippen LogP contribution in [0.2, 0.25) is 0 Å². The summed E-state index contributed by atoms with van der Waals surface area (Å²) in [5, 5.41) is 0.878. The van der Waals surface area contributed by atoms with Crippen molar-refractivity contribution in [3.05, 3.63) is 0 Å². The van der Waals surface area contributed by atoms with Crippen LogP contribution in [0.25, 0.3) is 0 Å². The van der Waals surface area contributed by atoms with Gasteiger partial charge in [0.15, 0.2) is 0 Å². The lowest BCUT2D eigenvalue weighted by Crippen LogP contribution is -2.47. The molecule has 1 unspecified atom stereocenters.